The second kappa shape index (κ2) is 9.45. The normalized spacial score (nSPS) is 16.3. The predicted octanol–water partition coefficient (Wildman–Crippen LogP) is 3.22. The van der Waals surface area contributed by atoms with Crippen LogP contribution >= 0.6 is 0 Å². The maximum atomic E-state index is 12.8. The Bertz CT molecular complexity index is 1120. The zero-order chi connectivity index (χ0) is 21.8. The summed E-state index contributed by atoms with van der Waals surface area (Å²) in [7, 11) is 2.14. The molecule has 1 unspecified atom stereocenters. The average Bonchev–Trinajstić information content (AvgIpc) is 2.80. The highest BCUT2D eigenvalue weighted by Crippen LogP contribution is 2.22. The molecule has 3 aromatic rings. The number of hydrogen-bond donors (Lipinski definition) is 1. The van der Waals surface area contributed by atoms with Crippen LogP contribution in [0.4, 0.5) is 0 Å². The number of nitrogens with zero attached hydrogens (tertiary/aromatic N) is 2. The minimum Gasteiger partial charge on any atom is -0.422 e. The third-order valence-electron chi connectivity index (χ3n) is 6.10. The number of amides is 1. The van der Waals surface area contributed by atoms with E-state index in [1.54, 1.807) is 24.3 Å². The first-order valence-corrected chi connectivity index (χ1v) is 10.9. The molecule has 1 aliphatic rings. The van der Waals surface area contributed by atoms with Gasteiger partial charge in [0.2, 0.25) is 0 Å². The second-order valence-corrected chi connectivity index (χ2v) is 8.18. The van der Waals surface area contributed by atoms with Crippen molar-refractivity contribution in [3.63, 3.8) is 0 Å². The highest BCUT2D eigenvalue weighted by molar-refractivity contribution is 5.95. The van der Waals surface area contributed by atoms with Gasteiger partial charge in [-0.2, -0.15) is 0 Å². The quantitative estimate of drug-likeness (QED) is 0.622. The van der Waals surface area contributed by atoms with Crippen LogP contribution in [0.5, 0.6) is 0 Å². The number of para-hydroxylation sites is 1. The summed E-state index contributed by atoms with van der Waals surface area (Å²) in [4.78, 5) is 30.1. The van der Waals surface area contributed by atoms with Crippen molar-refractivity contribution in [2.75, 3.05) is 39.8 Å². The lowest BCUT2D eigenvalue weighted by Gasteiger charge is -2.37. The minimum atomic E-state index is -0.405. The summed E-state index contributed by atoms with van der Waals surface area (Å²) in [5.74, 6) is -0.125. The van der Waals surface area contributed by atoms with Crippen LogP contribution in [0.15, 0.2) is 63.8 Å². The number of carbonyl (C=O) groups is 1. The van der Waals surface area contributed by atoms with Crippen molar-refractivity contribution < 1.29 is 9.21 Å². The molecule has 1 fully saturated rings. The number of piperazine rings is 1. The highest BCUT2D eigenvalue weighted by Gasteiger charge is 2.22. The Labute approximate surface area is 182 Å². The molecular formula is C25H29N3O3. The molecule has 1 amide bonds. The number of hydrogen-bond acceptors (Lipinski definition) is 5. The van der Waals surface area contributed by atoms with Crippen LogP contribution < -0.4 is 10.9 Å². The molecule has 0 spiro atoms. The molecule has 1 N–H and O–H groups in total. The van der Waals surface area contributed by atoms with Gasteiger partial charge in [-0.05, 0) is 43.3 Å². The fourth-order valence-corrected chi connectivity index (χ4v) is 4.12. The molecule has 1 aromatic heterocycles. The smallest absolute Gasteiger partial charge is 0.344 e. The Morgan fingerprint density at radius 2 is 1.84 bits per heavy atom. The Hall–Kier alpha value is -2.96. The van der Waals surface area contributed by atoms with Gasteiger partial charge in [0.1, 0.15) is 5.58 Å². The van der Waals surface area contributed by atoms with Gasteiger partial charge in [-0.15, -0.1) is 0 Å². The van der Waals surface area contributed by atoms with E-state index in [9.17, 15) is 9.59 Å². The summed E-state index contributed by atoms with van der Waals surface area (Å²) in [5.41, 5.74) is 1.82. The van der Waals surface area contributed by atoms with E-state index in [-0.39, 0.29) is 5.91 Å². The second-order valence-electron chi connectivity index (χ2n) is 8.18. The monoisotopic (exact) mass is 419 g/mol. The van der Waals surface area contributed by atoms with E-state index < -0.39 is 5.63 Å². The first-order valence-electron chi connectivity index (χ1n) is 10.9. The van der Waals surface area contributed by atoms with Crippen molar-refractivity contribution in [3.05, 3.63) is 70.6 Å². The van der Waals surface area contributed by atoms with Crippen molar-refractivity contribution in [2.24, 2.45) is 0 Å². The Kier molecular flexibility index (Phi) is 6.49. The number of benzene rings is 2. The molecule has 6 nitrogen and oxygen atoms in total. The Balaban J connectivity index is 1.48. The lowest BCUT2D eigenvalue weighted by atomic mass is 10.0. The summed E-state index contributed by atoms with van der Waals surface area (Å²) in [5, 5.41) is 3.94. The minimum absolute atomic E-state index is 0.125. The van der Waals surface area contributed by atoms with Gasteiger partial charge in [0, 0.05) is 49.7 Å². The average molecular weight is 420 g/mol. The molecule has 0 bridgehead atoms. The molecule has 6 heteroatoms. The SMILES string of the molecule is CCC(CNC(=O)c1cccc(-c2cc3ccccc3oc2=O)c1)N1CCN(C)CC1. The van der Waals surface area contributed by atoms with Gasteiger partial charge in [0.25, 0.3) is 5.91 Å². The highest BCUT2D eigenvalue weighted by atomic mass is 16.4. The molecule has 0 radical (unpaired) electrons. The maximum Gasteiger partial charge on any atom is 0.344 e. The van der Waals surface area contributed by atoms with Gasteiger partial charge in [-0.3, -0.25) is 9.69 Å². The zero-order valence-electron chi connectivity index (χ0n) is 18.1. The van der Waals surface area contributed by atoms with Crippen molar-refractivity contribution >= 4 is 16.9 Å². The van der Waals surface area contributed by atoms with Crippen LogP contribution in [0, 0.1) is 0 Å². The number of rotatable bonds is 6. The van der Waals surface area contributed by atoms with E-state index in [1.807, 2.05) is 30.3 Å². The zero-order valence-corrected chi connectivity index (χ0v) is 18.1. The summed E-state index contributed by atoms with van der Waals surface area (Å²) < 4.78 is 5.45. The standard InChI is InChI=1S/C25H29N3O3/c1-3-21(28-13-11-27(2)12-14-28)17-26-24(29)20-9-6-8-18(15-20)22-16-19-7-4-5-10-23(19)31-25(22)30/h4-10,15-16,21H,3,11-14,17H2,1-2H3,(H,26,29). The van der Waals surface area contributed by atoms with Gasteiger partial charge in [0.05, 0.1) is 5.56 Å². The third-order valence-corrected chi connectivity index (χ3v) is 6.10. The molecule has 162 valence electrons. The molecule has 31 heavy (non-hydrogen) atoms. The van der Waals surface area contributed by atoms with Crippen molar-refractivity contribution in [3.8, 4) is 11.1 Å². The number of fused-ring (bicyclic) bond motifs is 1. The maximum absolute atomic E-state index is 12.8. The summed E-state index contributed by atoms with van der Waals surface area (Å²) in [6.07, 6.45) is 0.988. The Morgan fingerprint density at radius 3 is 2.61 bits per heavy atom. The van der Waals surface area contributed by atoms with Gasteiger partial charge < -0.3 is 14.6 Å². The van der Waals surface area contributed by atoms with Gasteiger partial charge in [-0.25, -0.2) is 4.79 Å². The first-order chi connectivity index (χ1) is 15.0. The molecule has 1 saturated heterocycles. The topological polar surface area (TPSA) is 65.8 Å². The molecule has 2 heterocycles. The lowest BCUT2D eigenvalue weighted by molar-refractivity contribution is 0.0881. The molecule has 1 atom stereocenters. The van der Waals surface area contributed by atoms with Gasteiger partial charge in [-0.1, -0.05) is 37.3 Å². The van der Waals surface area contributed by atoms with Crippen LogP contribution in [-0.4, -0.2) is 61.5 Å². The van der Waals surface area contributed by atoms with Crippen LogP contribution in [0.3, 0.4) is 0 Å². The van der Waals surface area contributed by atoms with Crippen LogP contribution in [0.2, 0.25) is 0 Å². The number of nitrogens with one attached hydrogen (secondary N) is 1. The van der Waals surface area contributed by atoms with E-state index in [0.29, 0.717) is 34.9 Å². The van der Waals surface area contributed by atoms with Crippen molar-refractivity contribution in [1.29, 1.82) is 0 Å². The van der Waals surface area contributed by atoms with Crippen molar-refractivity contribution in [1.82, 2.24) is 15.1 Å². The number of likely N-dealkylation sites (N-methyl/N-ethyl adjacent to an activating group) is 1. The van der Waals surface area contributed by atoms with E-state index >= 15 is 0 Å². The van der Waals surface area contributed by atoms with E-state index in [2.05, 4.69) is 29.1 Å². The van der Waals surface area contributed by atoms with E-state index in [0.717, 1.165) is 38.0 Å². The molecular weight excluding hydrogens is 390 g/mol. The van der Waals surface area contributed by atoms with E-state index in [1.165, 1.54) is 0 Å². The lowest BCUT2D eigenvalue weighted by Crippen LogP contribution is -2.52. The van der Waals surface area contributed by atoms with Gasteiger partial charge >= 0.3 is 5.63 Å². The summed E-state index contributed by atoms with van der Waals surface area (Å²) >= 11 is 0. The molecule has 1 aliphatic heterocycles. The molecule has 0 aliphatic carbocycles. The van der Waals surface area contributed by atoms with Crippen molar-refractivity contribution in [2.45, 2.75) is 19.4 Å². The largest absolute Gasteiger partial charge is 0.422 e. The first kappa shape index (κ1) is 21.3. The fraction of sp³-hybridized carbons (Fsp3) is 0.360. The van der Waals surface area contributed by atoms with Crippen LogP contribution in [-0.2, 0) is 0 Å². The van der Waals surface area contributed by atoms with Gasteiger partial charge in [0.15, 0.2) is 0 Å². The predicted molar refractivity (Wildman–Crippen MR) is 123 cm³/mol. The summed E-state index contributed by atoms with van der Waals surface area (Å²) in [6.45, 7) is 6.94. The Morgan fingerprint density at radius 1 is 1.06 bits per heavy atom. The number of carbonyl (C=O) groups excluding carboxylic acids is 1. The van der Waals surface area contributed by atoms with Crippen LogP contribution in [0.25, 0.3) is 22.1 Å². The molecule has 2 aromatic carbocycles. The third kappa shape index (κ3) is 4.86. The van der Waals surface area contributed by atoms with E-state index in [4.69, 9.17) is 4.42 Å². The molecule has 4 rings (SSSR count). The molecule has 0 saturated carbocycles. The fourth-order valence-electron chi connectivity index (χ4n) is 4.12. The van der Waals surface area contributed by atoms with Crippen LogP contribution in [0.1, 0.15) is 23.7 Å². The summed E-state index contributed by atoms with van der Waals surface area (Å²) in [6, 6.07) is 16.7.